The molecule has 4 nitrogen and oxygen atoms in total. The van der Waals surface area contributed by atoms with Crippen molar-refractivity contribution in [2.45, 2.75) is 38.3 Å². The number of likely N-dealkylation sites (tertiary alicyclic amines) is 1. The van der Waals surface area contributed by atoms with Crippen molar-refractivity contribution in [2.75, 3.05) is 13.6 Å². The molecule has 1 aliphatic heterocycles. The van der Waals surface area contributed by atoms with Gasteiger partial charge < -0.3 is 4.90 Å². The van der Waals surface area contributed by atoms with E-state index in [0.29, 0.717) is 19.0 Å². The van der Waals surface area contributed by atoms with Crippen LogP contribution in [0.2, 0.25) is 5.02 Å². The van der Waals surface area contributed by atoms with Crippen LogP contribution in [0.1, 0.15) is 30.5 Å². The Bertz CT molecular complexity index is 997. The molecule has 1 aliphatic rings. The number of halogens is 1. The second-order valence-corrected chi connectivity index (χ2v) is 7.83. The Balaban J connectivity index is 1.68. The first-order valence-electron chi connectivity index (χ1n) is 9.55. The first-order chi connectivity index (χ1) is 13.1. The lowest BCUT2D eigenvalue weighted by Gasteiger charge is -2.19. The van der Waals surface area contributed by atoms with Crippen LogP contribution in [-0.4, -0.2) is 34.3 Å². The minimum absolute atomic E-state index is 0.00565. The Hall–Kier alpha value is -2.17. The number of fused-ring (bicyclic) bond motifs is 1. The molecule has 2 heterocycles. The third-order valence-electron chi connectivity index (χ3n) is 5.57. The van der Waals surface area contributed by atoms with Gasteiger partial charge in [-0.25, -0.2) is 4.68 Å². The zero-order chi connectivity index (χ0) is 18.8. The van der Waals surface area contributed by atoms with Gasteiger partial charge in [0.1, 0.15) is 0 Å². The van der Waals surface area contributed by atoms with Crippen LogP contribution in [0.5, 0.6) is 0 Å². The minimum Gasteiger partial charge on any atom is -0.303 e. The molecule has 0 saturated carbocycles. The molecule has 0 amide bonds. The molecular weight excluding hydrogens is 358 g/mol. The first-order valence-corrected chi connectivity index (χ1v) is 9.93. The average Bonchev–Trinajstić information content (AvgIpc) is 3.09. The van der Waals surface area contributed by atoms with Gasteiger partial charge >= 0.3 is 0 Å². The first kappa shape index (κ1) is 18.2. The highest BCUT2D eigenvalue weighted by atomic mass is 35.5. The van der Waals surface area contributed by atoms with E-state index in [2.05, 4.69) is 11.9 Å². The zero-order valence-electron chi connectivity index (χ0n) is 15.6. The second-order valence-electron chi connectivity index (χ2n) is 7.39. The molecular formula is C22H24ClN3O. The maximum Gasteiger partial charge on any atom is 0.274 e. The van der Waals surface area contributed by atoms with E-state index in [0.717, 1.165) is 40.0 Å². The number of aromatic nitrogens is 2. The van der Waals surface area contributed by atoms with Gasteiger partial charge in [-0.15, -0.1) is 0 Å². The summed E-state index contributed by atoms with van der Waals surface area (Å²) >= 11 is 6.01. The van der Waals surface area contributed by atoms with Gasteiger partial charge in [0, 0.05) is 29.4 Å². The van der Waals surface area contributed by atoms with Gasteiger partial charge in [-0.05, 0) is 56.6 Å². The van der Waals surface area contributed by atoms with Gasteiger partial charge in [0.05, 0.1) is 11.1 Å². The number of nitrogens with zero attached hydrogens (tertiary/aromatic N) is 3. The van der Waals surface area contributed by atoms with Crippen LogP contribution in [0.25, 0.3) is 10.8 Å². The molecule has 27 heavy (non-hydrogen) atoms. The van der Waals surface area contributed by atoms with Gasteiger partial charge in [-0.1, -0.05) is 41.9 Å². The van der Waals surface area contributed by atoms with Crippen LogP contribution in [0.4, 0.5) is 0 Å². The largest absolute Gasteiger partial charge is 0.303 e. The maximum atomic E-state index is 12.9. The van der Waals surface area contributed by atoms with Crippen LogP contribution in [-0.2, 0) is 13.0 Å². The summed E-state index contributed by atoms with van der Waals surface area (Å²) < 4.78 is 1.67. The number of benzene rings is 2. The van der Waals surface area contributed by atoms with Crippen molar-refractivity contribution in [2.24, 2.45) is 0 Å². The molecule has 3 aromatic rings. The van der Waals surface area contributed by atoms with Crippen LogP contribution in [0.3, 0.4) is 0 Å². The smallest absolute Gasteiger partial charge is 0.274 e. The molecule has 1 saturated heterocycles. The van der Waals surface area contributed by atoms with Crippen molar-refractivity contribution in [3.05, 3.63) is 75.2 Å². The van der Waals surface area contributed by atoms with E-state index in [1.165, 1.54) is 12.8 Å². The molecule has 4 rings (SSSR count). The van der Waals surface area contributed by atoms with Crippen LogP contribution in [0, 0.1) is 0 Å². The molecule has 1 aromatic heterocycles. The zero-order valence-corrected chi connectivity index (χ0v) is 16.3. The predicted molar refractivity (Wildman–Crippen MR) is 111 cm³/mol. The molecule has 0 N–H and O–H groups in total. The third kappa shape index (κ3) is 3.92. The second kappa shape index (κ2) is 7.83. The van der Waals surface area contributed by atoms with Crippen LogP contribution >= 0.6 is 11.6 Å². The van der Waals surface area contributed by atoms with Crippen LogP contribution in [0.15, 0.2) is 53.3 Å². The van der Waals surface area contributed by atoms with E-state index in [1.807, 2.05) is 48.5 Å². The fraction of sp³-hybridized carbons (Fsp3) is 0.364. The van der Waals surface area contributed by atoms with E-state index < -0.39 is 0 Å². The van der Waals surface area contributed by atoms with E-state index in [1.54, 1.807) is 4.68 Å². The Kier molecular flexibility index (Phi) is 5.28. The Morgan fingerprint density at radius 2 is 1.85 bits per heavy atom. The summed E-state index contributed by atoms with van der Waals surface area (Å²) in [5.41, 5.74) is 2.08. The summed E-state index contributed by atoms with van der Waals surface area (Å²) in [6, 6.07) is 16.1. The third-order valence-corrected chi connectivity index (χ3v) is 5.83. The summed E-state index contributed by atoms with van der Waals surface area (Å²) in [5, 5.41) is 7.16. The van der Waals surface area contributed by atoms with Crippen molar-refractivity contribution < 1.29 is 0 Å². The molecule has 1 atom stereocenters. The molecule has 140 valence electrons. The highest BCUT2D eigenvalue weighted by Crippen LogP contribution is 2.20. The number of hydrogen-bond acceptors (Lipinski definition) is 3. The standard InChI is InChI=1S/C22H24ClN3O/c1-25-13-4-5-18(25)12-14-26-22(27)20-7-3-2-6-19(20)21(24-26)15-16-8-10-17(23)11-9-16/h2-3,6-11,18H,4-5,12-15H2,1H3. The number of rotatable bonds is 5. The number of aryl methyl sites for hydroxylation is 1. The Labute approximate surface area is 164 Å². The van der Waals surface area contributed by atoms with Crippen molar-refractivity contribution in [1.29, 1.82) is 0 Å². The molecule has 0 spiro atoms. The van der Waals surface area contributed by atoms with E-state index >= 15 is 0 Å². The Morgan fingerprint density at radius 3 is 2.56 bits per heavy atom. The SMILES string of the molecule is CN1CCCC1CCn1nc(Cc2ccc(Cl)cc2)c2ccccc2c1=O. The average molecular weight is 382 g/mol. The highest BCUT2D eigenvalue weighted by Gasteiger charge is 2.21. The van der Waals surface area contributed by atoms with Gasteiger partial charge in [-0.3, -0.25) is 4.79 Å². The van der Waals surface area contributed by atoms with Crippen molar-refractivity contribution >= 4 is 22.4 Å². The highest BCUT2D eigenvalue weighted by molar-refractivity contribution is 6.30. The molecule has 1 fully saturated rings. The molecule has 5 heteroatoms. The monoisotopic (exact) mass is 381 g/mol. The quantitative estimate of drug-likeness (QED) is 0.667. The van der Waals surface area contributed by atoms with E-state index in [9.17, 15) is 4.79 Å². The fourth-order valence-corrected chi connectivity index (χ4v) is 4.12. The topological polar surface area (TPSA) is 38.1 Å². The minimum atomic E-state index is 0.00565. The fourth-order valence-electron chi connectivity index (χ4n) is 4.00. The van der Waals surface area contributed by atoms with Crippen LogP contribution < -0.4 is 5.56 Å². The van der Waals surface area contributed by atoms with E-state index in [4.69, 9.17) is 16.7 Å². The summed E-state index contributed by atoms with van der Waals surface area (Å²) in [4.78, 5) is 15.3. The maximum absolute atomic E-state index is 12.9. The van der Waals surface area contributed by atoms with Gasteiger partial charge in [0.25, 0.3) is 5.56 Å². The summed E-state index contributed by atoms with van der Waals surface area (Å²) in [6.07, 6.45) is 4.09. The van der Waals surface area contributed by atoms with Gasteiger partial charge in [0.2, 0.25) is 0 Å². The van der Waals surface area contributed by atoms with Gasteiger partial charge in [-0.2, -0.15) is 5.10 Å². The normalized spacial score (nSPS) is 17.6. The van der Waals surface area contributed by atoms with Crippen molar-refractivity contribution in [3.8, 4) is 0 Å². The Morgan fingerprint density at radius 1 is 1.11 bits per heavy atom. The lowest BCUT2D eigenvalue weighted by molar-refractivity contribution is 0.281. The molecule has 0 radical (unpaired) electrons. The van der Waals surface area contributed by atoms with E-state index in [-0.39, 0.29) is 5.56 Å². The number of hydrogen-bond donors (Lipinski definition) is 0. The summed E-state index contributed by atoms with van der Waals surface area (Å²) in [7, 11) is 2.17. The summed E-state index contributed by atoms with van der Waals surface area (Å²) in [5.74, 6) is 0. The molecule has 1 unspecified atom stereocenters. The molecule has 2 aromatic carbocycles. The van der Waals surface area contributed by atoms with Crippen molar-refractivity contribution in [3.63, 3.8) is 0 Å². The predicted octanol–water partition coefficient (Wildman–Crippen LogP) is 4.13. The summed E-state index contributed by atoms with van der Waals surface area (Å²) in [6.45, 7) is 1.80. The van der Waals surface area contributed by atoms with Crippen molar-refractivity contribution in [1.82, 2.24) is 14.7 Å². The lowest BCUT2D eigenvalue weighted by Crippen LogP contribution is -2.30. The molecule has 0 bridgehead atoms. The lowest BCUT2D eigenvalue weighted by atomic mass is 10.0. The van der Waals surface area contributed by atoms with Gasteiger partial charge in [0.15, 0.2) is 0 Å². The molecule has 0 aliphatic carbocycles.